The zero-order chi connectivity index (χ0) is 36.3. The topological polar surface area (TPSA) is 29.5 Å². The van der Waals surface area contributed by atoms with Crippen molar-refractivity contribution >= 4 is 71.7 Å². The predicted octanol–water partition coefficient (Wildman–Crippen LogP) is 15.1. The van der Waals surface area contributed by atoms with E-state index in [0.29, 0.717) is 0 Å². The molecule has 0 aliphatic carbocycles. The molecular formula is C52H33NO2. The van der Waals surface area contributed by atoms with Crippen molar-refractivity contribution in [1.82, 2.24) is 0 Å². The van der Waals surface area contributed by atoms with Crippen LogP contribution in [0.15, 0.2) is 209 Å². The van der Waals surface area contributed by atoms with E-state index in [1.807, 2.05) is 12.1 Å². The summed E-state index contributed by atoms with van der Waals surface area (Å²) in [6, 6.07) is 70.9. The lowest BCUT2D eigenvalue weighted by Gasteiger charge is -2.28. The van der Waals surface area contributed by atoms with Crippen LogP contribution in [-0.4, -0.2) is 0 Å². The number of benzene rings is 9. The molecule has 3 nitrogen and oxygen atoms in total. The molecule has 0 amide bonds. The molecular weight excluding hydrogens is 671 g/mol. The fourth-order valence-corrected chi connectivity index (χ4v) is 8.34. The molecule has 0 unspecified atom stereocenters. The Bertz CT molecular complexity index is 3190. The summed E-state index contributed by atoms with van der Waals surface area (Å²) in [6.07, 6.45) is 0. The first kappa shape index (κ1) is 31.2. The van der Waals surface area contributed by atoms with Gasteiger partial charge in [0.15, 0.2) is 0 Å². The molecule has 11 aromatic rings. The van der Waals surface area contributed by atoms with E-state index in [0.717, 1.165) is 88.6 Å². The van der Waals surface area contributed by atoms with E-state index in [1.54, 1.807) is 0 Å². The van der Waals surface area contributed by atoms with Gasteiger partial charge in [-0.3, -0.25) is 0 Å². The predicted molar refractivity (Wildman–Crippen MR) is 229 cm³/mol. The highest BCUT2D eigenvalue weighted by Crippen LogP contribution is 2.46. The Morgan fingerprint density at radius 3 is 1.67 bits per heavy atom. The zero-order valence-corrected chi connectivity index (χ0v) is 29.8. The Hall–Kier alpha value is -7.36. The molecule has 3 heteroatoms. The molecule has 2 heterocycles. The van der Waals surface area contributed by atoms with Gasteiger partial charge < -0.3 is 13.7 Å². The number of rotatable bonds is 6. The van der Waals surface area contributed by atoms with Gasteiger partial charge in [-0.05, 0) is 87.8 Å². The number of hydrogen-bond acceptors (Lipinski definition) is 3. The molecule has 55 heavy (non-hydrogen) atoms. The number of para-hydroxylation sites is 2. The van der Waals surface area contributed by atoms with Crippen LogP contribution in [-0.2, 0) is 0 Å². The lowest BCUT2D eigenvalue weighted by Crippen LogP contribution is -2.11. The van der Waals surface area contributed by atoms with Crippen LogP contribution in [0.25, 0.3) is 88.0 Å². The number of nitrogens with zero attached hydrogens (tertiary/aromatic N) is 1. The van der Waals surface area contributed by atoms with Crippen LogP contribution >= 0.6 is 0 Å². The van der Waals surface area contributed by atoms with Gasteiger partial charge >= 0.3 is 0 Å². The van der Waals surface area contributed by atoms with Gasteiger partial charge in [0.05, 0.1) is 5.69 Å². The number of anilines is 3. The molecule has 9 aromatic carbocycles. The smallest absolute Gasteiger partial charge is 0.143 e. The second kappa shape index (κ2) is 12.6. The Labute approximate surface area is 317 Å². The van der Waals surface area contributed by atoms with Gasteiger partial charge in [-0.15, -0.1) is 0 Å². The van der Waals surface area contributed by atoms with E-state index in [2.05, 4.69) is 193 Å². The summed E-state index contributed by atoms with van der Waals surface area (Å²) in [5.74, 6) is 0. The number of hydrogen-bond donors (Lipinski definition) is 0. The quantitative estimate of drug-likeness (QED) is 0.173. The maximum absolute atomic E-state index is 6.64. The Morgan fingerprint density at radius 1 is 0.309 bits per heavy atom. The Kier molecular flexibility index (Phi) is 7.17. The van der Waals surface area contributed by atoms with Crippen molar-refractivity contribution in [2.45, 2.75) is 0 Å². The molecule has 0 aliphatic heterocycles. The third-order valence-corrected chi connectivity index (χ3v) is 10.9. The van der Waals surface area contributed by atoms with Crippen molar-refractivity contribution < 1.29 is 8.83 Å². The van der Waals surface area contributed by atoms with Crippen LogP contribution < -0.4 is 4.90 Å². The van der Waals surface area contributed by atoms with Gasteiger partial charge in [-0.1, -0.05) is 146 Å². The molecule has 11 rings (SSSR count). The highest BCUT2D eigenvalue weighted by Gasteiger charge is 2.21. The standard InChI is InChI=1S/C52H33NO2/c1-2-12-34(13-3-1)35-24-29-38(30-25-35)53(39-31-26-37(27-32-39)40-18-10-22-48-50(40)44-17-7-9-21-47(44)54-48)46-20-8-6-16-42(46)43-19-11-23-49-51(43)45-33-28-36-14-4-5-15-41(36)52(45)55-49/h1-33H. The molecule has 0 bridgehead atoms. The Balaban J connectivity index is 1.09. The molecule has 0 saturated carbocycles. The third-order valence-electron chi connectivity index (χ3n) is 10.9. The van der Waals surface area contributed by atoms with Crippen LogP contribution in [0, 0.1) is 0 Å². The molecule has 0 atom stereocenters. The van der Waals surface area contributed by atoms with Gasteiger partial charge in [-0.25, -0.2) is 0 Å². The normalized spacial score (nSPS) is 11.6. The van der Waals surface area contributed by atoms with Crippen molar-refractivity contribution in [3.63, 3.8) is 0 Å². The lowest BCUT2D eigenvalue weighted by molar-refractivity contribution is 0.669. The van der Waals surface area contributed by atoms with Crippen LogP contribution in [0.4, 0.5) is 17.1 Å². The highest BCUT2D eigenvalue weighted by molar-refractivity contribution is 6.20. The van der Waals surface area contributed by atoms with Crippen LogP contribution in [0.2, 0.25) is 0 Å². The summed E-state index contributed by atoms with van der Waals surface area (Å²) < 4.78 is 12.9. The van der Waals surface area contributed by atoms with E-state index in [-0.39, 0.29) is 0 Å². The van der Waals surface area contributed by atoms with Crippen LogP contribution in [0.3, 0.4) is 0 Å². The summed E-state index contributed by atoms with van der Waals surface area (Å²) in [5, 5.41) is 6.78. The Morgan fingerprint density at radius 2 is 0.873 bits per heavy atom. The average molecular weight is 704 g/mol. The zero-order valence-electron chi connectivity index (χ0n) is 29.8. The maximum atomic E-state index is 6.64. The molecule has 0 radical (unpaired) electrons. The van der Waals surface area contributed by atoms with Crippen molar-refractivity contribution in [3.8, 4) is 33.4 Å². The first-order chi connectivity index (χ1) is 27.3. The van der Waals surface area contributed by atoms with E-state index in [1.165, 1.54) is 16.5 Å². The summed E-state index contributed by atoms with van der Waals surface area (Å²) in [7, 11) is 0. The monoisotopic (exact) mass is 703 g/mol. The average Bonchev–Trinajstić information content (AvgIpc) is 3.84. The largest absolute Gasteiger partial charge is 0.456 e. The molecule has 0 saturated heterocycles. The van der Waals surface area contributed by atoms with E-state index >= 15 is 0 Å². The summed E-state index contributed by atoms with van der Waals surface area (Å²) >= 11 is 0. The van der Waals surface area contributed by atoms with E-state index in [4.69, 9.17) is 8.83 Å². The summed E-state index contributed by atoms with van der Waals surface area (Å²) in [5.41, 5.74) is 13.7. The third kappa shape index (κ3) is 5.13. The summed E-state index contributed by atoms with van der Waals surface area (Å²) in [4.78, 5) is 2.37. The molecule has 0 N–H and O–H groups in total. The first-order valence-electron chi connectivity index (χ1n) is 18.7. The van der Waals surface area contributed by atoms with E-state index in [9.17, 15) is 0 Å². The highest BCUT2D eigenvalue weighted by atomic mass is 16.3. The lowest BCUT2D eigenvalue weighted by atomic mass is 9.95. The van der Waals surface area contributed by atoms with Gasteiger partial charge in [0.1, 0.15) is 22.3 Å². The molecule has 258 valence electrons. The minimum atomic E-state index is 0.878. The second-order valence-corrected chi connectivity index (χ2v) is 14.0. The fourth-order valence-electron chi connectivity index (χ4n) is 8.34. The van der Waals surface area contributed by atoms with Gasteiger partial charge in [0, 0.05) is 43.9 Å². The molecule has 0 spiro atoms. The van der Waals surface area contributed by atoms with Crippen molar-refractivity contribution in [2.24, 2.45) is 0 Å². The summed E-state index contributed by atoms with van der Waals surface area (Å²) in [6.45, 7) is 0. The van der Waals surface area contributed by atoms with Crippen LogP contribution in [0.1, 0.15) is 0 Å². The maximum Gasteiger partial charge on any atom is 0.143 e. The van der Waals surface area contributed by atoms with Crippen molar-refractivity contribution in [2.75, 3.05) is 4.90 Å². The fraction of sp³-hybridized carbons (Fsp3) is 0. The first-order valence-corrected chi connectivity index (χ1v) is 18.7. The minimum absolute atomic E-state index is 0.878. The molecule has 0 fully saturated rings. The second-order valence-electron chi connectivity index (χ2n) is 14.0. The van der Waals surface area contributed by atoms with Gasteiger partial charge in [-0.2, -0.15) is 0 Å². The molecule has 2 aromatic heterocycles. The minimum Gasteiger partial charge on any atom is -0.456 e. The number of fused-ring (bicyclic) bond motifs is 8. The van der Waals surface area contributed by atoms with E-state index < -0.39 is 0 Å². The van der Waals surface area contributed by atoms with Gasteiger partial charge in [0.25, 0.3) is 0 Å². The molecule has 0 aliphatic rings. The number of furan rings is 2. The van der Waals surface area contributed by atoms with Gasteiger partial charge in [0.2, 0.25) is 0 Å². The van der Waals surface area contributed by atoms with Crippen molar-refractivity contribution in [3.05, 3.63) is 200 Å². The van der Waals surface area contributed by atoms with Crippen LogP contribution in [0.5, 0.6) is 0 Å². The SMILES string of the molecule is c1ccc(-c2ccc(N(c3ccc(-c4cccc5oc6ccccc6c45)cc3)c3ccccc3-c3cccc4oc5c6ccccc6ccc5c34)cc2)cc1. The van der Waals surface area contributed by atoms with Crippen molar-refractivity contribution in [1.29, 1.82) is 0 Å².